The number of Topliss-reactive ketones (excluding diaryl/α,β-unsaturated/α-hetero) is 1. The molecule has 2 heterocycles. The first-order valence-corrected chi connectivity index (χ1v) is 18.7. The molecule has 2 aromatic heterocycles. The second-order valence-electron chi connectivity index (χ2n) is 15.0. The molecule has 6 rings (SSSR count). The third-order valence-electron chi connectivity index (χ3n) is 7.96. The summed E-state index contributed by atoms with van der Waals surface area (Å²) in [4.78, 5) is 54.7. The van der Waals surface area contributed by atoms with Gasteiger partial charge in [-0.05, 0) is 117 Å². The number of hydrogen-bond acceptors (Lipinski definition) is 10. The molecule has 304 valence electrons. The number of benzene rings is 4. The number of carbonyl (C=O) groups is 4. The zero-order valence-electron chi connectivity index (χ0n) is 34.9. The molecule has 4 aromatic carbocycles. The number of carbonyl (C=O) groups excluding carboxylic acids is 4. The van der Waals surface area contributed by atoms with E-state index in [4.69, 9.17) is 15.2 Å². The smallest absolute Gasteiger partial charge is 0.545 e. The van der Waals surface area contributed by atoms with Crippen molar-refractivity contribution >= 4 is 41.0 Å². The van der Waals surface area contributed by atoms with E-state index in [-0.39, 0.29) is 47.3 Å². The van der Waals surface area contributed by atoms with E-state index in [0.29, 0.717) is 22.6 Å². The molecule has 0 radical (unpaired) electrons. The molecular weight excluding hydrogens is 770 g/mol. The van der Waals surface area contributed by atoms with Gasteiger partial charge in [0.25, 0.3) is 0 Å². The second-order valence-corrected chi connectivity index (χ2v) is 15.0. The van der Waals surface area contributed by atoms with Crippen molar-refractivity contribution < 1.29 is 63.3 Å². The fourth-order valence-electron chi connectivity index (χ4n) is 5.25. The van der Waals surface area contributed by atoms with Gasteiger partial charge in [0.15, 0.2) is 5.78 Å². The number of aromatic nitrogens is 2. The first kappa shape index (κ1) is 48.0. The number of nitrogens with zero attached hydrogens (tertiary/aromatic N) is 2. The molecule has 4 N–H and O–H groups in total. The van der Waals surface area contributed by atoms with E-state index in [9.17, 15) is 24.3 Å². The quantitative estimate of drug-likeness (QED) is 0.0901. The van der Waals surface area contributed by atoms with Gasteiger partial charge in [-0.1, -0.05) is 78.9 Å². The van der Waals surface area contributed by atoms with Crippen molar-refractivity contribution in [2.24, 2.45) is 0 Å². The van der Waals surface area contributed by atoms with Crippen LogP contribution in [-0.2, 0) is 15.9 Å². The van der Waals surface area contributed by atoms with E-state index in [1.165, 1.54) is 12.1 Å². The summed E-state index contributed by atoms with van der Waals surface area (Å²) in [6.45, 7) is 10.8. The van der Waals surface area contributed by atoms with Gasteiger partial charge in [-0.25, -0.2) is 9.59 Å². The fourth-order valence-corrected chi connectivity index (χ4v) is 5.25. The second kappa shape index (κ2) is 22.7. The molecule has 0 atom stereocenters. The minimum atomic E-state index is -1.16. The van der Waals surface area contributed by atoms with E-state index in [1.807, 2.05) is 66.7 Å². The minimum absolute atomic E-state index is 0. The van der Waals surface area contributed by atoms with E-state index in [2.05, 4.69) is 20.6 Å². The van der Waals surface area contributed by atoms with E-state index < -0.39 is 29.4 Å². The summed E-state index contributed by atoms with van der Waals surface area (Å²) < 4.78 is 10.4. The van der Waals surface area contributed by atoms with Crippen LogP contribution in [0.1, 0.15) is 67.8 Å². The molecule has 0 saturated heterocycles. The van der Waals surface area contributed by atoms with Gasteiger partial charge in [0.2, 0.25) is 0 Å². The van der Waals surface area contributed by atoms with Crippen molar-refractivity contribution in [3.63, 3.8) is 0 Å². The molecule has 0 saturated carbocycles. The predicted octanol–water partition coefficient (Wildman–Crippen LogP) is 6.25. The molecule has 0 unspecified atom stereocenters. The van der Waals surface area contributed by atoms with Crippen LogP contribution in [0.25, 0.3) is 22.3 Å². The maximum Gasteiger partial charge on any atom is 1.00 e. The number of para-hydroxylation sites is 3. The summed E-state index contributed by atoms with van der Waals surface area (Å²) in [6.07, 6.45) is 6.01. The summed E-state index contributed by atoms with van der Waals surface area (Å²) >= 11 is 0. The van der Waals surface area contributed by atoms with Crippen LogP contribution in [-0.4, -0.2) is 45.1 Å². The molecule has 6 aromatic rings. The monoisotopic (exact) mass is 817 g/mol. The normalized spacial score (nSPS) is 10.5. The first-order valence-electron chi connectivity index (χ1n) is 18.7. The number of nitrogens with two attached hydrogens (primary N) is 1. The molecular formula is C47H48N5NaO7. The third kappa shape index (κ3) is 16.5. The summed E-state index contributed by atoms with van der Waals surface area (Å²) in [5, 5.41) is 15.8. The number of ether oxygens (including phenoxy) is 2. The van der Waals surface area contributed by atoms with E-state index in [0.717, 1.165) is 27.8 Å². The summed E-state index contributed by atoms with van der Waals surface area (Å²) in [5.74, 6) is -1.18. The third-order valence-corrected chi connectivity index (χ3v) is 7.96. The Labute approximate surface area is 372 Å². The van der Waals surface area contributed by atoms with Gasteiger partial charge >= 0.3 is 41.7 Å². The van der Waals surface area contributed by atoms with Crippen LogP contribution >= 0.6 is 0 Å². The maximum atomic E-state index is 12.8. The number of pyridine rings is 2. The number of carboxylic acid groups (broad SMARTS) is 1. The molecule has 0 aliphatic heterocycles. The summed E-state index contributed by atoms with van der Waals surface area (Å²) in [5.41, 5.74) is 11.8. The Morgan fingerprint density at radius 3 is 1.37 bits per heavy atom. The molecule has 0 fully saturated rings. The maximum absolute atomic E-state index is 12.8. The van der Waals surface area contributed by atoms with Gasteiger partial charge in [-0.3, -0.25) is 25.4 Å². The van der Waals surface area contributed by atoms with Gasteiger partial charge in [-0.15, -0.1) is 0 Å². The molecule has 12 nitrogen and oxygen atoms in total. The average molecular weight is 818 g/mol. The largest absolute Gasteiger partial charge is 1.00 e. The van der Waals surface area contributed by atoms with Crippen molar-refractivity contribution in [3.8, 4) is 22.3 Å². The molecule has 13 heteroatoms. The van der Waals surface area contributed by atoms with Crippen LogP contribution in [0, 0.1) is 0 Å². The summed E-state index contributed by atoms with van der Waals surface area (Å²) in [6, 6.07) is 35.9. The molecule has 0 aliphatic rings. The fraction of sp³-hybridized carbons (Fsp3) is 0.191. The number of nitrogens with one attached hydrogen (secondary N) is 2. The number of hydrogen-bond donors (Lipinski definition) is 3. The minimum Gasteiger partial charge on any atom is -0.545 e. The van der Waals surface area contributed by atoms with Gasteiger partial charge in [0.1, 0.15) is 11.2 Å². The Kier molecular flexibility index (Phi) is 18.2. The average Bonchev–Trinajstić information content (AvgIpc) is 3.19. The van der Waals surface area contributed by atoms with E-state index >= 15 is 0 Å². The predicted molar refractivity (Wildman–Crippen MR) is 229 cm³/mol. The van der Waals surface area contributed by atoms with Gasteiger partial charge < -0.3 is 25.1 Å². The van der Waals surface area contributed by atoms with Gasteiger partial charge in [-0.2, -0.15) is 0 Å². The van der Waals surface area contributed by atoms with Gasteiger partial charge in [0.05, 0.1) is 17.3 Å². The van der Waals surface area contributed by atoms with Crippen LogP contribution < -0.4 is 51.0 Å². The van der Waals surface area contributed by atoms with Crippen molar-refractivity contribution in [2.45, 2.75) is 59.2 Å². The Hall–Kier alpha value is -6.34. The number of nitrogen functional groups attached to an aromatic ring is 1. The van der Waals surface area contributed by atoms with Crippen molar-refractivity contribution in [3.05, 3.63) is 163 Å². The topological polar surface area (TPSA) is 186 Å². The zero-order chi connectivity index (χ0) is 43.0. The first-order chi connectivity index (χ1) is 28.0. The number of rotatable bonds is 8. The zero-order valence-corrected chi connectivity index (χ0v) is 36.9. The SMILES string of the molecule is CC(C)(C)OC(=O)Nc1ccccc1CC(=O)c1ccc(-c2ccncc2)cc1.CC(C)(C)OC(=O)Nc1ccccc1N.O=C([O-])c1ccc(-c2ccncc2)cc1.[Na+]. The number of carboxylic acids is 1. The standard InChI is InChI=1S/C24H24N2O3.C12H9NO2.C11H16N2O2.Na/c1-24(2,3)29-23(28)26-21-7-5-4-6-20(21)16-22(27)19-10-8-17(9-11-19)18-12-14-25-15-13-18;14-12(15)11-3-1-9(2-4-11)10-5-7-13-8-6-10;1-11(2,3)15-10(14)13-9-7-5-4-6-8(9)12;/h4-15H,16H2,1-3H3,(H,26,28);1-8H,(H,14,15);4-7H,12H2,1-3H3,(H,13,14);/q;;;+1/p-1. The Morgan fingerprint density at radius 2 is 0.933 bits per heavy atom. The van der Waals surface area contributed by atoms with Crippen LogP contribution in [0.5, 0.6) is 0 Å². The van der Waals surface area contributed by atoms with Crippen LogP contribution in [0.2, 0.25) is 0 Å². The van der Waals surface area contributed by atoms with Crippen molar-refractivity contribution in [1.82, 2.24) is 9.97 Å². The number of aromatic carboxylic acids is 1. The van der Waals surface area contributed by atoms with Crippen molar-refractivity contribution in [2.75, 3.05) is 16.4 Å². The van der Waals surface area contributed by atoms with Crippen LogP contribution in [0.3, 0.4) is 0 Å². The number of amides is 2. The van der Waals surface area contributed by atoms with Crippen molar-refractivity contribution in [1.29, 1.82) is 0 Å². The van der Waals surface area contributed by atoms with Gasteiger partial charge in [0, 0.05) is 42.5 Å². The van der Waals surface area contributed by atoms with Crippen LogP contribution in [0.15, 0.2) is 146 Å². The Bertz CT molecular complexity index is 2310. The number of ketones is 1. The van der Waals surface area contributed by atoms with Crippen LogP contribution in [0.4, 0.5) is 26.7 Å². The molecule has 60 heavy (non-hydrogen) atoms. The molecule has 0 bridgehead atoms. The molecule has 2 amide bonds. The Balaban J connectivity index is 0.000000262. The Morgan fingerprint density at radius 1 is 0.550 bits per heavy atom. The van der Waals surface area contributed by atoms with E-state index in [1.54, 1.807) is 109 Å². The molecule has 0 spiro atoms. The molecule has 0 aliphatic carbocycles. The number of anilines is 3. The summed E-state index contributed by atoms with van der Waals surface area (Å²) in [7, 11) is 0.